The maximum absolute atomic E-state index is 6.27. The summed E-state index contributed by atoms with van der Waals surface area (Å²) in [7, 11) is 1.67. The summed E-state index contributed by atoms with van der Waals surface area (Å²) in [6.07, 6.45) is 7.06. The Balaban J connectivity index is 1.73. The first-order valence-electron chi connectivity index (χ1n) is 7.92. The topological polar surface area (TPSA) is 53.7 Å². The van der Waals surface area contributed by atoms with E-state index in [1.165, 1.54) is 25.7 Å². The fourth-order valence-corrected chi connectivity index (χ4v) is 3.57. The number of nitrogens with two attached hydrogens (primary N) is 1. The molecule has 1 spiro atoms. The molecule has 1 heterocycles. The largest absolute Gasteiger partial charge is 0.497 e. The lowest BCUT2D eigenvalue weighted by Gasteiger charge is -2.38. The van der Waals surface area contributed by atoms with E-state index < -0.39 is 0 Å². The molecule has 0 aromatic heterocycles. The first-order chi connectivity index (χ1) is 10.2. The van der Waals surface area contributed by atoms with Crippen LogP contribution in [0.4, 0.5) is 0 Å². The van der Waals surface area contributed by atoms with Gasteiger partial charge in [0, 0.05) is 31.0 Å². The highest BCUT2D eigenvalue weighted by Crippen LogP contribution is 2.41. The predicted molar refractivity (Wildman–Crippen MR) is 81.7 cm³/mol. The van der Waals surface area contributed by atoms with E-state index in [1.807, 2.05) is 18.2 Å². The van der Waals surface area contributed by atoms with Crippen molar-refractivity contribution < 1.29 is 14.2 Å². The Bertz CT molecular complexity index is 483. The molecule has 0 radical (unpaired) electrons. The Kier molecular flexibility index (Phi) is 4.36. The van der Waals surface area contributed by atoms with Gasteiger partial charge >= 0.3 is 0 Å². The molecule has 21 heavy (non-hydrogen) atoms. The number of methoxy groups -OCH3 is 1. The smallest absolute Gasteiger partial charge is 0.127 e. The van der Waals surface area contributed by atoms with Crippen LogP contribution >= 0.6 is 0 Å². The monoisotopic (exact) mass is 291 g/mol. The maximum Gasteiger partial charge on any atom is 0.127 e. The van der Waals surface area contributed by atoms with E-state index >= 15 is 0 Å². The van der Waals surface area contributed by atoms with E-state index in [4.69, 9.17) is 19.9 Å². The number of benzene rings is 1. The zero-order chi connectivity index (χ0) is 14.7. The van der Waals surface area contributed by atoms with Crippen molar-refractivity contribution in [3.8, 4) is 11.5 Å². The van der Waals surface area contributed by atoms with Crippen LogP contribution in [0, 0.1) is 0 Å². The second-order valence-electron chi connectivity index (χ2n) is 6.15. The Morgan fingerprint density at radius 2 is 2.14 bits per heavy atom. The van der Waals surface area contributed by atoms with Crippen molar-refractivity contribution in [2.75, 3.05) is 13.7 Å². The van der Waals surface area contributed by atoms with Crippen molar-refractivity contribution in [2.24, 2.45) is 5.73 Å². The summed E-state index contributed by atoms with van der Waals surface area (Å²) in [6.45, 7) is 1.28. The minimum absolute atomic E-state index is 0.0741. The van der Waals surface area contributed by atoms with Crippen molar-refractivity contribution in [3.63, 3.8) is 0 Å². The van der Waals surface area contributed by atoms with Crippen molar-refractivity contribution in [1.82, 2.24) is 0 Å². The normalized spacial score (nSPS) is 24.2. The van der Waals surface area contributed by atoms with Gasteiger partial charge in [-0.25, -0.2) is 0 Å². The molecule has 4 heteroatoms. The molecule has 4 nitrogen and oxygen atoms in total. The maximum atomic E-state index is 6.27. The average molecular weight is 291 g/mol. The van der Waals surface area contributed by atoms with Gasteiger partial charge in [-0.1, -0.05) is 18.9 Å². The van der Waals surface area contributed by atoms with Gasteiger partial charge < -0.3 is 19.9 Å². The van der Waals surface area contributed by atoms with Crippen LogP contribution in [-0.2, 0) is 11.3 Å². The summed E-state index contributed by atoms with van der Waals surface area (Å²) in [5.74, 6) is 1.67. The predicted octanol–water partition coefficient (Wildman–Crippen LogP) is 3.02. The van der Waals surface area contributed by atoms with Gasteiger partial charge in [-0.2, -0.15) is 0 Å². The molecule has 0 amide bonds. The first kappa shape index (κ1) is 14.7. The molecule has 1 aliphatic carbocycles. The summed E-state index contributed by atoms with van der Waals surface area (Å²) in [5.41, 5.74) is 6.92. The Morgan fingerprint density at radius 3 is 2.86 bits per heavy atom. The highest BCUT2D eigenvalue weighted by Gasteiger charge is 2.40. The average Bonchev–Trinajstić information content (AvgIpc) is 2.95. The molecule has 2 N–H and O–H groups in total. The lowest BCUT2D eigenvalue weighted by Crippen LogP contribution is -2.41. The minimum Gasteiger partial charge on any atom is -0.497 e. The molecule has 3 rings (SSSR count). The SMILES string of the molecule is COc1ccc(CN)c(OC2CCOC3(CCCC3)C2)c1. The van der Waals surface area contributed by atoms with E-state index in [-0.39, 0.29) is 11.7 Å². The number of ether oxygens (including phenoxy) is 3. The summed E-state index contributed by atoms with van der Waals surface area (Å²) in [4.78, 5) is 0. The zero-order valence-corrected chi connectivity index (χ0v) is 12.8. The van der Waals surface area contributed by atoms with Crippen LogP contribution in [0.25, 0.3) is 0 Å². The molecular weight excluding hydrogens is 266 g/mol. The van der Waals surface area contributed by atoms with E-state index in [1.54, 1.807) is 7.11 Å². The molecule has 1 saturated heterocycles. The van der Waals surface area contributed by atoms with Crippen LogP contribution in [0.3, 0.4) is 0 Å². The van der Waals surface area contributed by atoms with Gasteiger partial charge in [-0.15, -0.1) is 0 Å². The third-order valence-electron chi connectivity index (χ3n) is 4.75. The zero-order valence-electron chi connectivity index (χ0n) is 12.8. The first-order valence-corrected chi connectivity index (χ1v) is 7.92. The molecule has 1 saturated carbocycles. The Labute approximate surface area is 126 Å². The third-order valence-corrected chi connectivity index (χ3v) is 4.75. The van der Waals surface area contributed by atoms with Crippen LogP contribution in [0.1, 0.15) is 44.1 Å². The Morgan fingerprint density at radius 1 is 1.33 bits per heavy atom. The molecule has 1 atom stereocenters. The molecular formula is C17H25NO3. The van der Waals surface area contributed by atoms with Gasteiger partial charge in [0.15, 0.2) is 0 Å². The van der Waals surface area contributed by atoms with Crippen molar-refractivity contribution >= 4 is 0 Å². The van der Waals surface area contributed by atoms with Crippen molar-refractivity contribution in [1.29, 1.82) is 0 Å². The van der Waals surface area contributed by atoms with Crippen LogP contribution in [-0.4, -0.2) is 25.4 Å². The second kappa shape index (κ2) is 6.24. The van der Waals surface area contributed by atoms with Gasteiger partial charge in [0.2, 0.25) is 0 Å². The van der Waals surface area contributed by atoms with Crippen molar-refractivity contribution in [2.45, 2.75) is 56.8 Å². The van der Waals surface area contributed by atoms with Gasteiger partial charge in [-0.05, 0) is 18.9 Å². The summed E-state index contributed by atoms with van der Waals surface area (Å²) < 4.78 is 17.6. The summed E-state index contributed by atoms with van der Waals surface area (Å²) in [5, 5.41) is 0. The molecule has 1 aromatic rings. The highest BCUT2D eigenvalue weighted by atomic mass is 16.5. The molecule has 2 fully saturated rings. The fraction of sp³-hybridized carbons (Fsp3) is 0.647. The molecule has 0 bridgehead atoms. The van der Waals surface area contributed by atoms with Crippen LogP contribution in [0.2, 0.25) is 0 Å². The van der Waals surface area contributed by atoms with Crippen molar-refractivity contribution in [3.05, 3.63) is 23.8 Å². The van der Waals surface area contributed by atoms with Gasteiger partial charge in [0.25, 0.3) is 0 Å². The molecule has 1 aliphatic heterocycles. The van der Waals surface area contributed by atoms with Crippen LogP contribution in [0.5, 0.6) is 11.5 Å². The quantitative estimate of drug-likeness (QED) is 0.926. The standard InChI is InChI=1S/C17H25NO3/c1-19-14-5-4-13(12-18)16(10-14)21-15-6-9-20-17(11-15)7-2-3-8-17/h4-5,10,15H,2-3,6-9,11-12,18H2,1H3. The number of hydrogen-bond acceptors (Lipinski definition) is 4. The minimum atomic E-state index is 0.0741. The third kappa shape index (κ3) is 3.16. The molecule has 2 aliphatic rings. The fourth-order valence-electron chi connectivity index (χ4n) is 3.57. The lowest BCUT2D eigenvalue weighted by atomic mass is 9.90. The molecule has 1 unspecified atom stereocenters. The second-order valence-corrected chi connectivity index (χ2v) is 6.15. The van der Waals surface area contributed by atoms with Gasteiger partial charge in [-0.3, -0.25) is 0 Å². The molecule has 1 aromatic carbocycles. The van der Waals surface area contributed by atoms with Gasteiger partial charge in [0.1, 0.15) is 17.6 Å². The van der Waals surface area contributed by atoms with E-state index in [9.17, 15) is 0 Å². The summed E-state index contributed by atoms with van der Waals surface area (Å²) in [6, 6.07) is 5.86. The molecule has 116 valence electrons. The van der Waals surface area contributed by atoms with Crippen LogP contribution in [0.15, 0.2) is 18.2 Å². The highest BCUT2D eigenvalue weighted by molar-refractivity contribution is 5.40. The number of rotatable bonds is 4. The summed E-state index contributed by atoms with van der Waals surface area (Å²) >= 11 is 0. The van der Waals surface area contributed by atoms with Crippen LogP contribution < -0.4 is 15.2 Å². The van der Waals surface area contributed by atoms with Gasteiger partial charge in [0.05, 0.1) is 19.3 Å². The van der Waals surface area contributed by atoms with E-state index in [2.05, 4.69) is 0 Å². The van der Waals surface area contributed by atoms with E-state index in [0.29, 0.717) is 6.54 Å². The number of hydrogen-bond donors (Lipinski definition) is 1. The van der Waals surface area contributed by atoms with E-state index in [0.717, 1.165) is 36.5 Å². The lowest BCUT2D eigenvalue weighted by molar-refractivity contribution is -0.108. The Hall–Kier alpha value is -1.26.